The van der Waals surface area contributed by atoms with E-state index in [9.17, 15) is 0 Å². The fourth-order valence-corrected chi connectivity index (χ4v) is 4.39. The number of hydrogen-bond acceptors (Lipinski definition) is 3. The van der Waals surface area contributed by atoms with E-state index < -0.39 is 0 Å². The lowest BCUT2D eigenvalue weighted by Crippen LogP contribution is -1.97. The van der Waals surface area contributed by atoms with E-state index in [1.165, 1.54) is 64.2 Å². The summed E-state index contributed by atoms with van der Waals surface area (Å²) in [5, 5.41) is 7.51. The number of unbranched alkanes of at least 4 members (excludes halogenated alkanes) is 10. The summed E-state index contributed by atoms with van der Waals surface area (Å²) in [6, 6.07) is 18.6. The van der Waals surface area contributed by atoms with Crippen molar-refractivity contribution in [1.82, 2.24) is 10.2 Å². The predicted molar refractivity (Wildman–Crippen MR) is 167 cm³/mol. The van der Waals surface area contributed by atoms with Gasteiger partial charge in [-0.1, -0.05) is 114 Å². The van der Waals surface area contributed by atoms with Gasteiger partial charge in [0.25, 0.3) is 0 Å². The summed E-state index contributed by atoms with van der Waals surface area (Å²) in [5.74, 6) is 1.87. The molecule has 0 fully saturated rings. The number of hydrogen-bond donors (Lipinski definition) is 1. The van der Waals surface area contributed by atoms with Gasteiger partial charge in [0.2, 0.25) is 0 Å². The highest BCUT2D eigenvalue weighted by Gasteiger charge is 1.99. The fraction of sp³-hybridized carbons (Fsp3) is 0.457. The van der Waals surface area contributed by atoms with E-state index in [1.54, 1.807) is 0 Å². The fourth-order valence-electron chi connectivity index (χ4n) is 4.39. The van der Waals surface area contributed by atoms with Crippen molar-refractivity contribution in [3.05, 3.63) is 77.1 Å². The van der Waals surface area contributed by atoms with Crippen LogP contribution in [0.25, 0.3) is 24.3 Å². The smallest absolute Gasteiger partial charge is 0.119 e. The minimum absolute atomic E-state index is 0.794. The topological polar surface area (TPSA) is 47.1 Å². The Labute approximate surface area is 236 Å². The maximum Gasteiger partial charge on any atom is 0.119 e. The van der Waals surface area contributed by atoms with Gasteiger partial charge in [0.05, 0.1) is 24.6 Å². The molecule has 1 heterocycles. The van der Waals surface area contributed by atoms with Gasteiger partial charge < -0.3 is 9.47 Å². The van der Waals surface area contributed by atoms with Crippen LogP contribution in [-0.4, -0.2) is 23.4 Å². The van der Waals surface area contributed by atoms with Gasteiger partial charge in [-0.15, -0.1) is 0 Å². The molecule has 2 aromatic carbocycles. The number of aromatic nitrogens is 2. The van der Waals surface area contributed by atoms with Crippen LogP contribution in [0.1, 0.15) is 113 Å². The molecule has 3 rings (SSSR count). The summed E-state index contributed by atoms with van der Waals surface area (Å²) in [4.78, 5) is 0. The first-order valence-electron chi connectivity index (χ1n) is 15.1. The maximum absolute atomic E-state index is 5.89. The Kier molecular flexibility index (Phi) is 14.7. The molecular weight excluding hydrogens is 480 g/mol. The van der Waals surface area contributed by atoms with Gasteiger partial charge in [0, 0.05) is 0 Å². The zero-order valence-electron chi connectivity index (χ0n) is 24.2. The molecule has 0 aliphatic rings. The highest BCUT2D eigenvalue weighted by Crippen LogP contribution is 2.17. The average Bonchev–Trinajstić information content (AvgIpc) is 3.43. The van der Waals surface area contributed by atoms with E-state index in [2.05, 4.69) is 60.5 Å². The molecular formula is C35H48N2O2. The third kappa shape index (κ3) is 12.9. The quantitative estimate of drug-likeness (QED) is 0.148. The van der Waals surface area contributed by atoms with Crippen LogP contribution in [0.5, 0.6) is 11.5 Å². The molecule has 4 heteroatoms. The second-order valence-electron chi connectivity index (χ2n) is 10.3. The van der Waals surface area contributed by atoms with Gasteiger partial charge in [0.1, 0.15) is 11.5 Å². The van der Waals surface area contributed by atoms with Crippen LogP contribution in [0.15, 0.2) is 54.6 Å². The van der Waals surface area contributed by atoms with Crippen LogP contribution in [-0.2, 0) is 0 Å². The van der Waals surface area contributed by atoms with E-state index >= 15 is 0 Å². The first-order chi connectivity index (χ1) is 19.3. The first kappa shape index (κ1) is 30.3. The minimum Gasteiger partial charge on any atom is -0.494 e. The van der Waals surface area contributed by atoms with E-state index in [4.69, 9.17) is 9.47 Å². The standard InChI is InChI=1S/C35H48N2O2/c1-3-5-7-9-11-13-27-38-34-23-17-30(18-24-34)15-21-32-29-33(37-36-32)22-16-31-19-25-35(26-20-31)39-28-14-12-10-8-6-4-2/h15-26,29H,3-14,27-28H2,1-2H3,(H,36,37)/b21-15+,22-16+. The Morgan fingerprint density at radius 2 is 1.03 bits per heavy atom. The molecule has 0 aliphatic carbocycles. The Balaban J connectivity index is 1.36. The van der Waals surface area contributed by atoms with Gasteiger partial charge in [-0.2, -0.15) is 5.10 Å². The zero-order chi connectivity index (χ0) is 27.4. The number of rotatable bonds is 20. The molecule has 0 saturated heterocycles. The second kappa shape index (κ2) is 18.9. The molecule has 0 amide bonds. The number of benzene rings is 2. The minimum atomic E-state index is 0.794. The molecule has 210 valence electrons. The highest BCUT2D eigenvalue weighted by molar-refractivity contribution is 5.72. The van der Waals surface area contributed by atoms with Crippen molar-refractivity contribution in [3.8, 4) is 11.5 Å². The van der Waals surface area contributed by atoms with Crippen molar-refractivity contribution < 1.29 is 9.47 Å². The van der Waals surface area contributed by atoms with Crippen molar-refractivity contribution in [1.29, 1.82) is 0 Å². The molecule has 1 aromatic heterocycles. The van der Waals surface area contributed by atoms with Crippen LogP contribution >= 0.6 is 0 Å². The molecule has 3 aromatic rings. The number of aromatic amines is 1. The van der Waals surface area contributed by atoms with Gasteiger partial charge in [-0.05, 0) is 66.5 Å². The Morgan fingerprint density at radius 3 is 1.54 bits per heavy atom. The SMILES string of the molecule is CCCCCCCCOc1ccc(/C=C/c2cc(/C=C/c3ccc(OCCCCCCCC)cc3)[nH]n2)cc1. The molecule has 0 saturated carbocycles. The van der Waals surface area contributed by atoms with Crippen molar-refractivity contribution in [3.63, 3.8) is 0 Å². The van der Waals surface area contributed by atoms with Crippen LogP contribution < -0.4 is 9.47 Å². The first-order valence-corrected chi connectivity index (χ1v) is 15.1. The number of nitrogens with one attached hydrogen (secondary N) is 1. The highest BCUT2D eigenvalue weighted by atomic mass is 16.5. The summed E-state index contributed by atoms with van der Waals surface area (Å²) >= 11 is 0. The van der Waals surface area contributed by atoms with Crippen molar-refractivity contribution in [2.75, 3.05) is 13.2 Å². The summed E-state index contributed by atoms with van der Waals surface area (Å²) in [5.41, 5.74) is 4.13. The second-order valence-corrected chi connectivity index (χ2v) is 10.3. The van der Waals surface area contributed by atoms with Crippen LogP contribution in [0.2, 0.25) is 0 Å². The number of ether oxygens (including phenoxy) is 2. The predicted octanol–water partition coefficient (Wildman–Crippen LogP) is 10.2. The zero-order valence-corrected chi connectivity index (χ0v) is 24.2. The van der Waals surface area contributed by atoms with Crippen LogP contribution in [0.3, 0.4) is 0 Å². The van der Waals surface area contributed by atoms with Gasteiger partial charge in [-0.25, -0.2) is 0 Å². The van der Waals surface area contributed by atoms with E-state index in [0.29, 0.717) is 0 Å². The summed E-state index contributed by atoms with van der Waals surface area (Å²) < 4.78 is 11.8. The maximum atomic E-state index is 5.89. The third-order valence-electron chi connectivity index (χ3n) is 6.81. The number of nitrogens with zero attached hydrogens (tertiary/aromatic N) is 1. The lowest BCUT2D eigenvalue weighted by Gasteiger charge is -2.06. The average molecular weight is 529 g/mol. The van der Waals surface area contributed by atoms with Gasteiger partial charge in [0.15, 0.2) is 0 Å². The molecule has 4 nitrogen and oxygen atoms in total. The Hall–Kier alpha value is -3.27. The van der Waals surface area contributed by atoms with Gasteiger partial charge in [-0.3, -0.25) is 5.10 Å². The lowest BCUT2D eigenvalue weighted by atomic mass is 10.1. The monoisotopic (exact) mass is 528 g/mol. The third-order valence-corrected chi connectivity index (χ3v) is 6.81. The molecule has 0 radical (unpaired) electrons. The van der Waals surface area contributed by atoms with Crippen molar-refractivity contribution in [2.24, 2.45) is 0 Å². The van der Waals surface area contributed by atoms with E-state index in [0.717, 1.165) is 60.1 Å². The van der Waals surface area contributed by atoms with Crippen molar-refractivity contribution >= 4 is 24.3 Å². The Morgan fingerprint density at radius 1 is 0.564 bits per heavy atom. The molecule has 0 unspecified atom stereocenters. The molecule has 0 aliphatic heterocycles. The van der Waals surface area contributed by atoms with Gasteiger partial charge >= 0.3 is 0 Å². The molecule has 39 heavy (non-hydrogen) atoms. The van der Waals surface area contributed by atoms with Crippen LogP contribution in [0.4, 0.5) is 0 Å². The van der Waals surface area contributed by atoms with E-state index in [1.807, 2.05) is 42.5 Å². The summed E-state index contributed by atoms with van der Waals surface area (Å²) in [6.45, 7) is 6.09. The van der Waals surface area contributed by atoms with Crippen LogP contribution in [0, 0.1) is 0 Å². The molecule has 0 bridgehead atoms. The Bertz CT molecular complexity index is 995. The lowest BCUT2D eigenvalue weighted by molar-refractivity contribution is 0.304. The molecule has 0 spiro atoms. The largest absolute Gasteiger partial charge is 0.494 e. The molecule has 0 atom stereocenters. The normalized spacial score (nSPS) is 11.5. The summed E-state index contributed by atoms with van der Waals surface area (Å²) in [6.07, 6.45) is 23.6. The molecule has 1 N–H and O–H groups in total. The summed E-state index contributed by atoms with van der Waals surface area (Å²) in [7, 11) is 0. The number of H-pyrrole nitrogens is 1. The van der Waals surface area contributed by atoms with Crippen molar-refractivity contribution in [2.45, 2.75) is 90.9 Å². The van der Waals surface area contributed by atoms with E-state index in [-0.39, 0.29) is 0 Å².